The highest BCUT2D eigenvalue weighted by Gasteiger charge is 2.25. The fourth-order valence-corrected chi connectivity index (χ4v) is 1.83. The minimum absolute atomic E-state index is 0.404. The number of rotatable bonds is 7. The van der Waals surface area contributed by atoms with Gasteiger partial charge in [0.25, 0.3) is 0 Å². The summed E-state index contributed by atoms with van der Waals surface area (Å²) in [6, 6.07) is 0. The second-order valence-electron chi connectivity index (χ2n) is 5.99. The molecule has 1 heterocycles. The molecular weight excluding hydrogens is 186 g/mol. The van der Waals surface area contributed by atoms with Gasteiger partial charge in [0.15, 0.2) is 0 Å². The summed E-state index contributed by atoms with van der Waals surface area (Å²) in [5.41, 5.74) is 0.404. The van der Waals surface area contributed by atoms with Crippen LogP contribution >= 0.6 is 0 Å². The van der Waals surface area contributed by atoms with Crippen LogP contribution in [0, 0.1) is 11.3 Å². The second-order valence-corrected chi connectivity index (χ2v) is 5.99. The Kier molecular flexibility index (Phi) is 5.07. The van der Waals surface area contributed by atoms with Crippen molar-refractivity contribution in [1.82, 2.24) is 5.32 Å². The first kappa shape index (κ1) is 13.0. The van der Waals surface area contributed by atoms with Gasteiger partial charge in [0.2, 0.25) is 0 Å². The van der Waals surface area contributed by atoms with E-state index in [0.29, 0.717) is 11.5 Å². The number of hydrogen-bond acceptors (Lipinski definition) is 2. The van der Waals surface area contributed by atoms with Gasteiger partial charge in [0.05, 0.1) is 12.7 Å². The molecule has 0 aromatic carbocycles. The molecule has 0 aromatic rings. The highest BCUT2D eigenvalue weighted by molar-refractivity contribution is 4.74. The van der Waals surface area contributed by atoms with Crippen LogP contribution in [0.2, 0.25) is 0 Å². The van der Waals surface area contributed by atoms with E-state index in [0.717, 1.165) is 25.6 Å². The van der Waals surface area contributed by atoms with Crippen molar-refractivity contribution in [2.75, 3.05) is 19.7 Å². The Labute approximate surface area is 94.8 Å². The van der Waals surface area contributed by atoms with Crippen molar-refractivity contribution in [3.8, 4) is 0 Å². The lowest BCUT2D eigenvalue weighted by molar-refractivity contribution is 0.322. The molecule has 0 saturated carbocycles. The van der Waals surface area contributed by atoms with Crippen LogP contribution in [-0.4, -0.2) is 25.8 Å². The highest BCUT2D eigenvalue weighted by Crippen LogP contribution is 2.23. The molecule has 0 radical (unpaired) electrons. The van der Waals surface area contributed by atoms with Crippen molar-refractivity contribution in [3.05, 3.63) is 0 Å². The van der Waals surface area contributed by atoms with E-state index in [-0.39, 0.29) is 0 Å². The van der Waals surface area contributed by atoms with Gasteiger partial charge in [0, 0.05) is 0 Å². The fourth-order valence-electron chi connectivity index (χ4n) is 1.83. The van der Waals surface area contributed by atoms with Gasteiger partial charge in [-0.15, -0.1) is 0 Å². The largest absolute Gasteiger partial charge is 0.373 e. The molecule has 2 heteroatoms. The predicted octanol–water partition coefficient (Wildman–Crippen LogP) is 2.83. The van der Waals surface area contributed by atoms with Gasteiger partial charge < -0.3 is 10.1 Å². The Morgan fingerprint density at radius 1 is 1.40 bits per heavy atom. The number of epoxide rings is 1. The first-order valence-electron chi connectivity index (χ1n) is 6.33. The molecule has 0 aliphatic carbocycles. The molecule has 1 saturated heterocycles. The molecule has 1 fully saturated rings. The molecule has 1 aliphatic rings. The third-order valence-corrected chi connectivity index (χ3v) is 2.96. The Morgan fingerprint density at radius 3 is 2.53 bits per heavy atom. The SMILES string of the molecule is CCC(CCNCC(C)(C)C)CC1CO1. The number of hydrogen-bond donors (Lipinski definition) is 1. The maximum absolute atomic E-state index is 5.28. The van der Waals surface area contributed by atoms with E-state index >= 15 is 0 Å². The van der Waals surface area contributed by atoms with Crippen molar-refractivity contribution in [1.29, 1.82) is 0 Å². The lowest BCUT2D eigenvalue weighted by Crippen LogP contribution is -2.28. The van der Waals surface area contributed by atoms with Gasteiger partial charge in [-0.1, -0.05) is 34.1 Å². The Hall–Kier alpha value is -0.0800. The van der Waals surface area contributed by atoms with Gasteiger partial charge in [0.1, 0.15) is 0 Å². The standard InChI is InChI=1S/C13H27NO/c1-5-11(8-12-9-15-12)6-7-14-10-13(2,3)4/h11-12,14H,5-10H2,1-4H3. The van der Waals surface area contributed by atoms with Gasteiger partial charge in [-0.3, -0.25) is 0 Å². The molecule has 2 atom stereocenters. The van der Waals surface area contributed by atoms with Crippen LogP contribution < -0.4 is 5.32 Å². The van der Waals surface area contributed by atoms with Crippen molar-refractivity contribution in [2.45, 2.75) is 53.1 Å². The van der Waals surface area contributed by atoms with E-state index in [2.05, 4.69) is 33.0 Å². The summed E-state index contributed by atoms with van der Waals surface area (Å²) in [6.07, 6.45) is 4.45. The first-order chi connectivity index (χ1) is 7.01. The first-order valence-corrected chi connectivity index (χ1v) is 6.33. The van der Waals surface area contributed by atoms with Crippen LogP contribution in [0.25, 0.3) is 0 Å². The van der Waals surface area contributed by atoms with Crippen molar-refractivity contribution < 1.29 is 4.74 Å². The van der Waals surface area contributed by atoms with Gasteiger partial charge >= 0.3 is 0 Å². The molecule has 2 unspecified atom stereocenters. The molecule has 0 spiro atoms. The van der Waals surface area contributed by atoms with Crippen molar-refractivity contribution in [3.63, 3.8) is 0 Å². The molecule has 0 bridgehead atoms. The molecular formula is C13H27NO. The van der Waals surface area contributed by atoms with Crippen LogP contribution in [0.3, 0.4) is 0 Å². The summed E-state index contributed by atoms with van der Waals surface area (Å²) in [7, 11) is 0. The fraction of sp³-hybridized carbons (Fsp3) is 1.00. The monoisotopic (exact) mass is 213 g/mol. The van der Waals surface area contributed by atoms with Crippen molar-refractivity contribution >= 4 is 0 Å². The molecule has 1 aliphatic heterocycles. The quantitative estimate of drug-likeness (QED) is 0.519. The van der Waals surface area contributed by atoms with Crippen molar-refractivity contribution in [2.24, 2.45) is 11.3 Å². The van der Waals surface area contributed by atoms with E-state index in [1.807, 2.05) is 0 Å². The van der Waals surface area contributed by atoms with Gasteiger partial charge in [-0.05, 0) is 37.3 Å². The summed E-state index contributed by atoms with van der Waals surface area (Å²) in [4.78, 5) is 0. The zero-order chi connectivity index (χ0) is 11.3. The van der Waals surface area contributed by atoms with Crippen LogP contribution in [0.4, 0.5) is 0 Å². The number of ether oxygens (including phenoxy) is 1. The summed E-state index contributed by atoms with van der Waals surface area (Å²) >= 11 is 0. The minimum Gasteiger partial charge on any atom is -0.373 e. The maximum Gasteiger partial charge on any atom is 0.0812 e. The molecule has 1 rings (SSSR count). The highest BCUT2D eigenvalue weighted by atomic mass is 16.6. The molecule has 1 N–H and O–H groups in total. The van der Waals surface area contributed by atoms with Crippen LogP contribution in [0.1, 0.15) is 47.0 Å². The Morgan fingerprint density at radius 2 is 2.07 bits per heavy atom. The van der Waals surface area contributed by atoms with Crippen LogP contribution in [-0.2, 0) is 4.74 Å². The summed E-state index contributed by atoms with van der Waals surface area (Å²) in [6.45, 7) is 12.4. The van der Waals surface area contributed by atoms with E-state index < -0.39 is 0 Å². The zero-order valence-electron chi connectivity index (χ0n) is 10.8. The molecule has 0 aromatic heterocycles. The predicted molar refractivity (Wildman–Crippen MR) is 65.1 cm³/mol. The normalized spacial score (nSPS) is 22.8. The second kappa shape index (κ2) is 5.86. The molecule has 90 valence electrons. The van der Waals surface area contributed by atoms with E-state index in [1.165, 1.54) is 19.3 Å². The Balaban J connectivity index is 2.01. The lowest BCUT2D eigenvalue weighted by Gasteiger charge is -2.20. The zero-order valence-corrected chi connectivity index (χ0v) is 10.8. The minimum atomic E-state index is 0.404. The third kappa shape index (κ3) is 6.91. The molecule has 2 nitrogen and oxygen atoms in total. The van der Waals surface area contributed by atoms with Crippen LogP contribution in [0.15, 0.2) is 0 Å². The lowest BCUT2D eigenvalue weighted by atomic mass is 9.95. The van der Waals surface area contributed by atoms with E-state index in [4.69, 9.17) is 4.74 Å². The molecule has 15 heavy (non-hydrogen) atoms. The Bertz CT molecular complexity index is 170. The summed E-state index contributed by atoms with van der Waals surface area (Å²) < 4.78 is 5.28. The van der Waals surface area contributed by atoms with E-state index in [9.17, 15) is 0 Å². The van der Waals surface area contributed by atoms with E-state index in [1.54, 1.807) is 0 Å². The third-order valence-electron chi connectivity index (χ3n) is 2.96. The summed E-state index contributed by atoms with van der Waals surface area (Å²) in [5.74, 6) is 0.852. The maximum atomic E-state index is 5.28. The smallest absolute Gasteiger partial charge is 0.0812 e. The van der Waals surface area contributed by atoms with Gasteiger partial charge in [-0.25, -0.2) is 0 Å². The number of nitrogens with one attached hydrogen (secondary N) is 1. The summed E-state index contributed by atoms with van der Waals surface area (Å²) in [5, 5.41) is 3.54. The van der Waals surface area contributed by atoms with Gasteiger partial charge in [-0.2, -0.15) is 0 Å². The molecule has 0 amide bonds. The topological polar surface area (TPSA) is 24.6 Å². The van der Waals surface area contributed by atoms with Crippen LogP contribution in [0.5, 0.6) is 0 Å². The average molecular weight is 213 g/mol. The average Bonchev–Trinajstić information content (AvgIpc) is 2.92.